The number of rotatable bonds is 6. The van der Waals surface area contributed by atoms with Crippen LogP contribution in [0.4, 0.5) is 0 Å². The number of benzene rings is 1. The Hall–Kier alpha value is -2.05. The summed E-state index contributed by atoms with van der Waals surface area (Å²) in [6, 6.07) is 2.16. The molecule has 0 saturated carbocycles. The summed E-state index contributed by atoms with van der Waals surface area (Å²) in [5.41, 5.74) is 12.2. The van der Waals surface area contributed by atoms with Gasteiger partial charge in [0.2, 0.25) is 0 Å². The third-order valence-corrected chi connectivity index (χ3v) is 5.81. The van der Waals surface area contributed by atoms with Crippen LogP contribution in [0.15, 0.2) is 12.3 Å². The number of nitrogens with two attached hydrogens (primary N) is 1. The van der Waals surface area contributed by atoms with Gasteiger partial charge in [0.25, 0.3) is 0 Å². The van der Waals surface area contributed by atoms with Crippen LogP contribution in [0.2, 0.25) is 0 Å². The molecule has 146 valence electrons. The van der Waals surface area contributed by atoms with Gasteiger partial charge in [-0.15, -0.1) is 5.10 Å². The first-order chi connectivity index (χ1) is 12.9. The van der Waals surface area contributed by atoms with Gasteiger partial charge in [-0.25, -0.2) is 0 Å². The predicted molar refractivity (Wildman–Crippen MR) is 107 cm³/mol. The van der Waals surface area contributed by atoms with Crippen molar-refractivity contribution < 1.29 is 4.79 Å². The number of aromatic nitrogens is 3. The van der Waals surface area contributed by atoms with Crippen molar-refractivity contribution in [3.63, 3.8) is 0 Å². The van der Waals surface area contributed by atoms with E-state index in [-0.39, 0.29) is 5.78 Å². The largest absolute Gasteiger partial charge is 0.325 e. The Bertz CT molecular complexity index is 818. The van der Waals surface area contributed by atoms with Crippen LogP contribution in [-0.2, 0) is 19.6 Å². The summed E-state index contributed by atoms with van der Waals surface area (Å²) >= 11 is 0. The first-order valence-corrected chi connectivity index (χ1v) is 9.81. The lowest BCUT2D eigenvalue weighted by atomic mass is 9.90. The molecule has 1 aromatic heterocycles. The maximum Gasteiger partial charge on any atom is 0.160 e. The summed E-state index contributed by atoms with van der Waals surface area (Å²) in [5, 5.41) is 8.24. The lowest BCUT2D eigenvalue weighted by Crippen LogP contribution is -2.35. The minimum absolute atomic E-state index is 0.162. The maximum atomic E-state index is 12.0. The Kier molecular flexibility index (Phi) is 6.07. The molecule has 1 aliphatic heterocycles. The van der Waals surface area contributed by atoms with Crippen molar-refractivity contribution in [3.8, 4) is 0 Å². The normalized spacial score (nSPS) is 16.0. The van der Waals surface area contributed by atoms with E-state index in [0.717, 1.165) is 61.4 Å². The van der Waals surface area contributed by atoms with E-state index in [0.29, 0.717) is 12.5 Å². The Balaban J connectivity index is 1.62. The van der Waals surface area contributed by atoms with Gasteiger partial charge in [0.1, 0.15) is 0 Å². The second-order valence-electron chi connectivity index (χ2n) is 7.90. The number of piperidine rings is 1. The van der Waals surface area contributed by atoms with Crippen LogP contribution in [0.1, 0.15) is 58.1 Å². The number of ketones is 1. The van der Waals surface area contributed by atoms with Gasteiger partial charge in [0, 0.05) is 31.4 Å². The molecule has 1 saturated heterocycles. The van der Waals surface area contributed by atoms with Gasteiger partial charge >= 0.3 is 0 Å². The molecule has 0 amide bonds. The second kappa shape index (κ2) is 8.31. The van der Waals surface area contributed by atoms with Crippen LogP contribution in [-0.4, -0.2) is 38.8 Å². The van der Waals surface area contributed by atoms with Crippen LogP contribution < -0.4 is 5.73 Å². The molecule has 1 aromatic carbocycles. The third-order valence-electron chi connectivity index (χ3n) is 5.81. The summed E-state index contributed by atoms with van der Waals surface area (Å²) < 4.78 is 1.93. The topological polar surface area (TPSA) is 77.0 Å². The number of carbonyl (C=O) groups is 1. The van der Waals surface area contributed by atoms with Crippen molar-refractivity contribution in [1.29, 1.82) is 0 Å². The zero-order valence-electron chi connectivity index (χ0n) is 17.0. The molecule has 6 nitrogen and oxygen atoms in total. The Morgan fingerprint density at radius 2 is 1.93 bits per heavy atom. The van der Waals surface area contributed by atoms with Gasteiger partial charge in [-0.1, -0.05) is 11.3 Å². The zero-order valence-corrected chi connectivity index (χ0v) is 17.0. The SMILES string of the molecule is CC(=O)c1c(C)cc(C)c(CN2CCC(Cn3cc(CN)nn3)CC2)c1C. The van der Waals surface area contributed by atoms with Crippen LogP contribution in [0.3, 0.4) is 0 Å². The average molecular weight is 370 g/mol. The highest BCUT2D eigenvalue weighted by atomic mass is 16.1. The fraction of sp³-hybridized carbons (Fsp3) is 0.571. The Labute approximate surface area is 161 Å². The molecule has 27 heavy (non-hydrogen) atoms. The van der Waals surface area contributed by atoms with E-state index in [2.05, 4.69) is 35.1 Å². The molecule has 0 atom stereocenters. The molecule has 1 fully saturated rings. The monoisotopic (exact) mass is 369 g/mol. The first kappa shape index (κ1) is 19.7. The predicted octanol–water partition coefficient (Wildman–Crippen LogP) is 2.78. The van der Waals surface area contributed by atoms with E-state index < -0.39 is 0 Å². The molecule has 0 spiro atoms. The zero-order chi connectivity index (χ0) is 19.6. The number of nitrogens with zero attached hydrogens (tertiary/aromatic N) is 4. The summed E-state index contributed by atoms with van der Waals surface area (Å²) in [5.74, 6) is 0.788. The molecule has 6 heteroatoms. The van der Waals surface area contributed by atoms with E-state index >= 15 is 0 Å². The third kappa shape index (κ3) is 4.45. The lowest BCUT2D eigenvalue weighted by molar-refractivity contribution is 0.101. The highest BCUT2D eigenvalue weighted by Gasteiger charge is 2.22. The summed E-state index contributed by atoms with van der Waals surface area (Å²) in [6.07, 6.45) is 4.26. The van der Waals surface area contributed by atoms with Gasteiger partial charge in [-0.05, 0) is 81.8 Å². The lowest BCUT2D eigenvalue weighted by Gasteiger charge is -2.33. The summed E-state index contributed by atoms with van der Waals surface area (Å²) in [6.45, 7) is 12.4. The smallest absolute Gasteiger partial charge is 0.160 e. The Morgan fingerprint density at radius 3 is 2.52 bits per heavy atom. The maximum absolute atomic E-state index is 12.0. The standard InChI is InChI=1S/C21H31N5O/c1-14-9-15(2)21(17(4)27)16(3)20(14)13-25-7-5-18(6-8-25)11-26-12-19(10-22)23-24-26/h9,12,18H,5-8,10-11,13,22H2,1-4H3. The quantitative estimate of drug-likeness (QED) is 0.792. The van der Waals surface area contributed by atoms with E-state index in [9.17, 15) is 4.79 Å². The molecule has 2 N–H and O–H groups in total. The van der Waals surface area contributed by atoms with Gasteiger partial charge in [-0.3, -0.25) is 14.4 Å². The van der Waals surface area contributed by atoms with Crippen LogP contribution in [0, 0.1) is 26.7 Å². The van der Waals surface area contributed by atoms with Gasteiger partial charge in [0.05, 0.1) is 5.69 Å². The molecule has 0 radical (unpaired) electrons. The molecule has 2 heterocycles. The van der Waals surface area contributed by atoms with Crippen molar-refractivity contribution in [2.45, 2.75) is 60.2 Å². The van der Waals surface area contributed by atoms with Gasteiger partial charge < -0.3 is 5.73 Å². The number of hydrogen-bond acceptors (Lipinski definition) is 5. The van der Waals surface area contributed by atoms with Crippen molar-refractivity contribution in [2.24, 2.45) is 11.7 Å². The summed E-state index contributed by atoms with van der Waals surface area (Å²) in [4.78, 5) is 14.6. The Morgan fingerprint density at radius 1 is 1.22 bits per heavy atom. The van der Waals surface area contributed by atoms with Gasteiger partial charge in [-0.2, -0.15) is 0 Å². The van der Waals surface area contributed by atoms with E-state index in [4.69, 9.17) is 5.73 Å². The molecule has 3 rings (SSSR count). The van der Waals surface area contributed by atoms with Gasteiger partial charge in [0.15, 0.2) is 5.78 Å². The van der Waals surface area contributed by atoms with Crippen LogP contribution in [0.25, 0.3) is 0 Å². The molecule has 0 aliphatic carbocycles. The molecule has 2 aromatic rings. The first-order valence-electron chi connectivity index (χ1n) is 9.81. The summed E-state index contributed by atoms with van der Waals surface area (Å²) in [7, 11) is 0. The van der Waals surface area contributed by atoms with Crippen molar-refractivity contribution in [2.75, 3.05) is 13.1 Å². The molecule has 0 unspecified atom stereocenters. The molecular formula is C21H31N5O. The number of carbonyl (C=O) groups excluding carboxylic acids is 1. The van der Waals surface area contributed by atoms with Crippen molar-refractivity contribution in [3.05, 3.63) is 45.8 Å². The van der Waals surface area contributed by atoms with E-state index in [1.807, 2.05) is 17.8 Å². The minimum atomic E-state index is 0.162. The second-order valence-corrected chi connectivity index (χ2v) is 7.90. The van der Waals surface area contributed by atoms with Crippen LogP contribution >= 0.6 is 0 Å². The van der Waals surface area contributed by atoms with Crippen molar-refractivity contribution in [1.82, 2.24) is 19.9 Å². The van der Waals surface area contributed by atoms with Crippen LogP contribution in [0.5, 0.6) is 0 Å². The fourth-order valence-corrected chi connectivity index (χ4v) is 4.35. The molecule has 1 aliphatic rings. The van der Waals surface area contributed by atoms with E-state index in [1.54, 1.807) is 6.92 Å². The minimum Gasteiger partial charge on any atom is -0.325 e. The average Bonchev–Trinajstić information content (AvgIpc) is 3.07. The fourth-order valence-electron chi connectivity index (χ4n) is 4.35. The molecule has 0 bridgehead atoms. The number of Topliss-reactive ketones (excluding diaryl/α,β-unsaturated/α-hetero) is 1. The van der Waals surface area contributed by atoms with E-state index in [1.165, 1.54) is 11.1 Å². The highest BCUT2D eigenvalue weighted by molar-refractivity contribution is 5.97. The molecular weight excluding hydrogens is 338 g/mol. The number of likely N-dealkylation sites (tertiary alicyclic amines) is 1. The number of aryl methyl sites for hydroxylation is 2. The highest BCUT2D eigenvalue weighted by Crippen LogP contribution is 2.26. The van der Waals surface area contributed by atoms with Crippen molar-refractivity contribution >= 4 is 5.78 Å². The number of hydrogen-bond donors (Lipinski definition) is 1.